The molecule has 0 amide bonds. The molecule has 12 heteroatoms. The van der Waals surface area contributed by atoms with Crippen LogP contribution in [0.5, 0.6) is 5.75 Å². The first-order chi connectivity index (χ1) is 18.7. The number of nitro groups is 1. The van der Waals surface area contributed by atoms with Crippen LogP contribution in [0, 0.1) is 10.1 Å². The minimum atomic E-state index is -1.06. The first-order valence-corrected chi connectivity index (χ1v) is 11.9. The van der Waals surface area contributed by atoms with Crippen molar-refractivity contribution in [3.63, 3.8) is 0 Å². The number of benzene rings is 3. The van der Waals surface area contributed by atoms with Gasteiger partial charge in [0.25, 0.3) is 5.56 Å². The topological polar surface area (TPSA) is 139 Å². The van der Waals surface area contributed by atoms with Crippen molar-refractivity contribution in [3.8, 4) is 17.3 Å². The van der Waals surface area contributed by atoms with Gasteiger partial charge in [-0.1, -0.05) is 23.7 Å². The van der Waals surface area contributed by atoms with Crippen LogP contribution in [0.1, 0.15) is 12.5 Å². The average Bonchev–Trinajstić information content (AvgIpc) is 3.35. The summed E-state index contributed by atoms with van der Waals surface area (Å²) in [6, 6.07) is 17.6. The Balaban J connectivity index is 1.60. The van der Waals surface area contributed by atoms with E-state index in [0.717, 1.165) is 4.68 Å². The number of para-hydroxylation sites is 1. The van der Waals surface area contributed by atoms with Crippen LogP contribution in [0.25, 0.3) is 33.5 Å². The van der Waals surface area contributed by atoms with E-state index in [1.807, 2.05) is 0 Å². The second-order valence-electron chi connectivity index (χ2n) is 8.37. The smallest absolute Gasteiger partial charge is 0.346 e. The van der Waals surface area contributed by atoms with Crippen molar-refractivity contribution < 1.29 is 23.6 Å². The fraction of sp³-hybridized carbons (Fsp3) is 0.111. The lowest BCUT2D eigenvalue weighted by Crippen LogP contribution is -2.25. The highest BCUT2D eigenvalue weighted by atomic mass is 35.5. The van der Waals surface area contributed by atoms with Gasteiger partial charge in [0.15, 0.2) is 17.6 Å². The Morgan fingerprint density at radius 2 is 1.97 bits per heavy atom. The van der Waals surface area contributed by atoms with E-state index in [9.17, 15) is 19.7 Å². The van der Waals surface area contributed by atoms with Gasteiger partial charge in [0.05, 0.1) is 29.2 Å². The molecule has 0 saturated heterocycles. The molecule has 5 rings (SSSR count). The summed E-state index contributed by atoms with van der Waals surface area (Å²) in [5, 5.41) is 17.6. The Morgan fingerprint density at radius 1 is 1.18 bits per heavy atom. The molecule has 5 aromatic rings. The summed E-state index contributed by atoms with van der Waals surface area (Å²) < 4.78 is 17.0. The minimum absolute atomic E-state index is 0.124. The molecule has 0 unspecified atom stereocenters. The number of methoxy groups -OCH3 is 1. The van der Waals surface area contributed by atoms with E-state index in [1.54, 1.807) is 48.5 Å². The van der Waals surface area contributed by atoms with Crippen LogP contribution in [0.4, 0.5) is 5.69 Å². The number of aromatic nitrogens is 2. The molecule has 0 aliphatic carbocycles. The Labute approximate surface area is 225 Å². The molecule has 0 N–H and O–H groups in total. The third-order valence-corrected chi connectivity index (χ3v) is 6.03. The summed E-state index contributed by atoms with van der Waals surface area (Å²) in [5.41, 5.74) is 0.418. The fourth-order valence-corrected chi connectivity index (χ4v) is 4.08. The molecule has 0 bridgehead atoms. The van der Waals surface area contributed by atoms with E-state index < -0.39 is 28.2 Å². The number of ether oxygens (including phenoxy) is 2. The number of rotatable bonds is 7. The highest BCUT2D eigenvalue weighted by Crippen LogP contribution is 2.30. The molecule has 0 fully saturated rings. The van der Waals surface area contributed by atoms with Gasteiger partial charge in [-0.3, -0.25) is 14.9 Å². The maximum absolute atomic E-state index is 13.4. The second kappa shape index (κ2) is 10.4. The third-order valence-electron chi connectivity index (χ3n) is 5.79. The SMILES string of the molecule is COC(=O)[C@H](C)Oc1ccc(C=Nn2c(-c3cc4cc(Cl)ccc4o3)nc3ccccc3c2=O)cc1[N+](=O)[O-]. The van der Waals surface area contributed by atoms with Crippen LogP contribution in [-0.4, -0.2) is 40.0 Å². The van der Waals surface area contributed by atoms with Gasteiger partial charge < -0.3 is 13.9 Å². The van der Waals surface area contributed by atoms with Crippen LogP contribution in [-0.2, 0) is 9.53 Å². The summed E-state index contributed by atoms with van der Waals surface area (Å²) in [5.74, 6) is -0.401. The summed E-state index contributed by atoms with van der Waals surface area (Å²) in [6.07, 6.45) is 0.221. The zero-order chi connectivity index (χ0) is 27.7. The maximum Gasteiger partial charge on any atom is 0.346 e. The van der Waals surface area contributed by atoms with Gasteiger partial charge in [-0.25, -0.2) is 9.78 Å². The van der Waals surface area contributed by atoms with E-state index in [-0.39, 0.29) is 17.3 Å². The lowest BCUT2D eigenvalue weighted by molar-refractivity contribution is -0.386. The van der Waals surface area contributed by atoms with E-state index in [0.29, 0.717) is 32.5 Å². The second-order valence-corrected chi connectivity index (χ2v) is 8.81. The van der Waals surface area contributed by atoms with Gasteiger partial charge in [0.2, 0.25) is 5.82 Å². The number of hydrogen-bond acceptors (Lipinski definition) is 9. The zero-order valence-electron chi connectivity index (χ0n) is 20.5. The van der Waals surface area contributed by atoms with E-state index in [1.165, 1.54) is 38.4 Å². The number of halogens is 1. The van der Waals surface area contributed by atoms with Gasteiger partial charge in [0.1, 0.15) is 5.58 Å². The number of fused-ring (bicyclic) bond motifs is 2. The molecule has 0 radical (unpaired) electrons. The largest absolute Gasteiger partial charge is 0.472 e. The molecule has 0 saturated carbocycles. The molecule has 2 aromatic heterocycles. The van der Waals surface area contributed by atoms with Crippen LogP contribution >= 0.6 is 11.6 Å². The van der Waals surface area contributed by atoms with Gasteiger partial charge in [-0.2, -0.15) is 9.78 Å². The Morgan fingerprint density at radius 3 is 2.74 bits per heavy atom. The lowest BCUT2D eigenvalue weighted by Gasteiger charge is -2.12. The Bertz CT molecular complexity index is 1840. The number of furan rings is 1. The first-order valence-electron chi connectivity index (χ1n) is 11.5. The number of carbonyl (C=O) groups is 1. The molecule has 11 nitrogen and oxygen atoms in total. The van der Waals surface area contributed by atoms with Crippen molar-refractivity contribution in [1.82, 2.24) is 9.66 Å². The predicted octanol–water partition coefficient (Wildman–Crippen LogP) is 5.19. The Hall–Kier alpha value is -5.03. The highest BCUT2D eigenvalue weighted by molar-refractivity contribution is 6.31. The Kier molecular flexibility index (Phi) is 6.82. The van der Waals surface area contributed by atoms with E-state index in [2.05, 4.69) is 14.8 Å². The van der Waals surface area contributed by atoms with Crippen molar-refractivity contribution >= 4 is 51.3 Å². The first kappa shape index (κ1) is 25.6. The molecule has 39 heavy (non-hydrogen) atoms. The molecule has 196 valence electrons. The molecule has 0 aliphatic heterocycles. The van der Waals surface area contributed by atoms with Gasteiger partial charge in [-0.15, -0.1) is 0 Å². The molecule has 0 spiro atoms. The van der Waals surface area contributed by atoms with Crippen molar-refractivity contribution in [2.24, 2.45) is 5.10 Å². The van der Waals surface area contributed by atoms with Crippen molar-refractivity contribution in [2.75, 3.05) is 7.11 Å². The van der Waals surface area contributed by atoms with Crippen molar-refractivity contribution in [1.29, 1.82) is 0 Å². The van der Waals surface area contributed by atoms with Gasteiger partial charge >= 0.3 is 11.7 Å². The quantitative estimate of drug-likeness (QED) is 0.117. The van der Waals surface area contributed by atoms with E-state index >= 15 is 0 Å². The zero-order valence-corrected chi connectivity index (χ0v) is 21.3. The van der Waals surface area contributed by atoms with Crippen molar-refractivity contribution in [3.05, 3.63) is 97.8 Å². The molecule has 0 aliphatic rings. The predicted molar refractivity (Wildman–Crippen MR) is 144 cm³/mol. The molecular formula is C27H19ClN4O7. The normalized spacial score (nSPS) is 12.2. The summed E-state index contributed by atoms with van der Waals surface area (Å²) >= 11 is 6.11. The maximum atomic E-state index is 13.4. The highest BCUT2D eigenvalue weighted by Gasteiger charge is 2.22. The van der Waals surface area contributed by atoms with Crippen LogP contribution in [0.3, 0.4) is 0 Å². The van der Waals surface area contributed by atoms with Crippen molar-refractivity contribution in [2.45, 2.75) is 13.0 Å². The number of esters is 1. The number of nitro benzene ring substituents is 1. The number of nitrogens with zero attached hydrogens (tertiary/aromatic N) is 4. The van der Waals surface area contributed by atoms with Crippen LogP contribution < -0.4 is 10.3 Å². The average molecular weight is 547 g/mol. The minimum Gasteiger partial charge on any atom is -0.472 e. The third kappa shape index (κ3) is 5.07. The number of hydrogen-bond donors (Lipinski definition) is 0. The monoisotopic (exact) mass is 546 g/mol. The molecular weight excluding hydrogens is 528 g/mol. The summed E-state index contributed by atoms with van der Waals surface area (Å²) in [4.78, 5) is 40.8. The van der Waals surface area contributed by atoms with Crippen LogP contribution in [0.2, 0.25) is 5.02 Å². The lowest BCUT2D eigenvalue weighted by atomic mass is 10.2. The standard InChI is InChI=1S/C27H19ClN4O7/c1-15(27(34)37-2)38-23-9-7-16(11-21(23)32(35)36)14-29-31-25(30-20-6-4-3-5-19(20)26(31)33)24-13-17-12-18(28)8-10-22(17)39-24/h3-15H,1-2H3/t15-/m0/s1. The fourth-order valence-electron chi connectivity index (χ4n) is 3.90. The number of carbonyl (C=O) groups excluding carboxylic acids is 1. The van der Waals surface area contributed by atoms with Crippen LogP contribution in [0.15, 0.2) is 81.0 Å². The molecule has 1 atom stereocenters. The molecule has 3 aromatic carbocycles. The van der Waals surface area contributed by atoms with Gasteiger partial charge in [0, 0.05) is 22.0 Å². The van der Waals surface area contributed by atoms with E-state index in [4.69, 9.17) is 20.8 Å². The summed E-state index contributed by atoms with van der Waals surface area (Å²) in [7, 11) is 1.19. The molecule has 2 heterocycles. The summed E-state index contributed by atoms with van der Waals surface area (Å²) in [6.45, 7) is 1.41. The van der Waals surface area contributed by atoms with Gasteiger partial charge in [-0.05, 0) is 55.5 Å².